The number of rotatable bonds is 3. The number of hydrogen-bond acceptors (Lipinski definition) is 3. The normalized spacial score (nSPS) is 9.25. The van der Waals surface area contributed by atoms with Crippen LogP contribution in [0.2, 0.25) is 0 Å². The Morgan fingerprint density at radius 3 is 2.75 bits per heavy atom. The van der Waals surface area contributed by atoms with Crippen LogP contribution in [0.25, 0.3) is 0 Å². The number of nitriles is 1. The maximum atomic E-state index is 8.13. The average Bonchev–Trinajstić information content (AvgIpc) is 1.68. The third-order valence-corrected chi connectivity index (χ3v) is 0.851. The lowest BCUT2D eigenvalue weighted by molar-refractivity contribution is 0.385. The molecule has 2 N–H and O–H groups in total. The van der Waals surface area contributed by atoms with E-state index in [-0.39, 0.29) is 0 Å². The summed E-state index contributed by atoms with van der Waals surface area (Å²) in [6, 6.07) is 2.02. The van der Waals surface area contributed by atoms with E-state index in [2.05, 4.69) is 0 Å². The molecule has 0 aliphatic carbocycles. The lowest BCUT2D eigenvalue weighted by Crippen LogP contribution is -2.25. The maximum absolute atomic E-state index is 8.13. The maximum Gasteiger partial charge on any atom is 0.0863 e. The average molecular weight is 113 g/mol. The molecule has 0 radical (unpaired) electrons. The predicted molar refractivity (Wildman–Crippen MR) is 32.2 cm³/mol. The van der Waals surface area contributed by atoms with E-state index in [1.807, 2.05) is 18.0 Å². The van der Waals surface area contributed by atoms with E-state index in [1.165, 1.54) is 0 Å². The van der Waals surface area contributed by atoms with Gasteiger partial charge in [0.15, 0.2) is 0 Å². The second kappa shape index (κ2) is 4.57. The minimum absolute atomic E-state index is 0.469. The molecule has 0 saturated heterocycles. The zero-order chi connectivity index (χ0) is 6.41. The summed E-state index contributed by atoms with van der Waals surface area (Å²) >= 11 is 0. The Labute approximate surface area is 49.7 Å². The van der Waals surface area contributed by atoms with Gasteiger partial charge in [-0.05, 0) is 7.05 Å². The van der Waals surface area contributed by atoms with Gasteiger partial charge in [-0.15, -0.1) is 0 Å². The van der Waals surface area contributed by atoms with Gasteiger partial charge in [0.25, 0.3) is 0 Å². The van der Waals surface area contributed by atoms with Crippen LogP contribution in [0.4, 0.5) is 0 Å². The van der Waals surface area contributed by atoms with Crippen molar-refractivity contribution in [2.45, 2.75) is 0 Å². The van der Waals surface area contributed by atoms with Crippen molar-refractivity contribution in [1.82, 2.24) is 4.90 Å². The Morgan fingerprint density at radius 2 is 2.38 bits per heavy atom. The van der Waals surface area contributed by atoms with Crippen LogP contribution < -0.4 is 5.73 Å². The third kappa shape index (κ3) is 3.59. The first-order valence-corrected chi connectivity index (χ1v) is 2.57. The molecule has 0 fully saturated rings. The lowest BCUT2D eigenvalue weighted by Gasteiger charge is -2.08. The second-order valence-corrected chi connectivity index (χ2v) is 1.68. The van der Waals surface area contributed by atoms with Crippen molar-refractivity contribution >= 4 is 0 Å². The summed E-state index contributed by atoms with van der Waals surface area (Å²) in [5.74, 6) is 0. The topological polar surface area (TPSA) is 53.0 Å². The first kappa shape index (κ1) is 7.41. The minimum Gasteiger partial charge on any atom is -0.329 e. The van der Waals surface area contributed by atoms with Crippen molar-refractivity contribution in [1.29, 1.82) is 5.26 Å². The van der Waals surface area contributed by atoms with Crippen LogP contribution in [-0.4, -0.2) is 31.6 Å². The van der Waals surface area contributed by atoms with Gasteiger partial charge >= 0.3 is 0 Å². The van der Waals surface area contributed by atoms with Crippen LogP contribution in [0.15, 0.2) is 0 Å². The fourth-order valence-corrected chi connectivity index (χ4v) is 0.420. The Kier molecular flexibility index (Phi) is 4.23. The highest BCUT2D eigenvalue weighted by atomic mass is 15.1. The first-order chi connectivity index (χ1) is 3.81. The van der Waals surface area contributed by atoms with Gasteiger partial charge in [-0.3, -0.25) is 4.90 Å². The van der Waals surface area contributed by atoms with Gasteiger partial charge in [-0.1, -0.05) is 0 Å². The number of nitrogens with zero attached hydrogens (tertiary/aromatic N) is 2. The van der Waals surface area contributed by atoms with Gasteiger partial charge in [0.2, 0.25) is 0 Å². The Hall–Kier alpha value is -0.590. The summed E-state index contributed by atoms with van der Waals surface area (Å²) in [6.45, 7) is 1.89. The van der Waals surface area contributed by atoms with Gasteiger partial charge in [0.05, 0.1) is 12.6 Å². The Balaban J connectivity index is 3.08. The molecule has 0 bridgehead atoms. The molecule has 0 heterocycles. The highest BCUT2D eigenvalue weighted by Crippen LogP contribution is 1.74. The summed E-state index contributed by atoms with van der Waals surface area (Å²) in [4.78, 5) is 1.88. The highest BCUT2D eigenvalue weighted by Gasteiger charge is 1.90. The first-order valence-electron chi connectivity index (χ1n) is 2.57. The third-order valence-electron chi connectivity index (χ3n) is 0.851. The molecule has 0 aromatic rings. The summed E-state index contributed by atoms with van der Waals surface area (Å²) < 4.78 is 0. The molecule has 3 nitrogen and oxygen atoms in total. The molecular formula is C5H11N3. The van der Waals surface area contributed by atoms with E-state index in [4.69, 9.17) is 11.0 Å². The van der Waals surface area contributed by atoms with E-state index in [9.17, 15) is 0 Å². The van der Waals surface area contributed by atoms with E-state index in [0.717, 1.165) is 6.54 Å². The van der Waals surface area contributed by atoms with Crippen LogP contribution in [-0.2, 0) is 0 Å². The molecule has 0 aromatic heterocycles. The quantitative estimate of drug-likeness (QED) is 0.497. The van der Waals surface area contributed by atoms with Crippen LogP contribution in [0.5, 0.6) is 0 Å². The molecule has 0 amide bonds. The van der Waals surface area contributed by atoms with Crippen molar-refractivity contribution in [3.63, 3.8) is 0 Å². The molecule has 0 saturated carbocycles. The molecule has 0 atom stereocenters. The Bertz CT molecular complexity index is 84.2. The molecule has 3 heteroatoms. The van der Waals surface area contributed by atoms with Crippen LogP contribution in [0.1, 0.15) is 0 Å². The largest absolute Gasteiger partial charge is 0.329 e. The van der Waals surface area contributed by atoms with Crippen molar-refractivity contribution in [3.8, 4) is 6.07 Å². The van der Waals surface area contributed by atoms with Crippen molar-refractivity contribution < 1.29 is 0 Å². The molecule has 8 heavy (non-hydrogen) atoms. The van der Waals surface area contributed by atoms with E-state index < -0.39 is 0 Å². The Morgan fingerprint density at radius 1 is 1.75 bits per heavy atom. The monoisotopic (exact) mass is 113 g/mol. The molecule has 0 aliphatic rings. The molecule has 46 valence electrons. The van der Waals surface area contributed by atoms with Gasteiger partial charge in [-0.25, -0.2) is 0 Å². The summed E-state index contributed by atoms with van der Waals surface area (Å²) in [6.07, 6.45) is 0. The predicted octanol–water partition coefficient (Wildman–Crippen LogP) is -0.600. The molecule has 0 aliphatic heterocycles. The number of nitrogens with two attached hydrogens (primary N) is 1. The summed E-state index contributed by atoms with van der Waals surface area (Å²) in [7, 11) is 1.87. The molecule has 0 rings (SSSR count). The standard InChI is InChI=1S/C5H11N3/c1-8(4-2-6)5-3-7/h2,4-6H2,1H3. The zero-order valence-electron chi connectivity index (χ0n) is 5.09. The lowest BCUT2D eigenvalue weighted by atomic mass is 10.5. The van der Waals surface area contributed by atoms with Gasteiger partial charge in [0.1, 0.15) is 0 Å². The molecule has 0 aromatic carbocycles. The fourth-order valence-electron chi connectivity index (χ4n) is 0.420. The smallest absolute Gasteiger partial charge is 0.0863 e. The molecule has 0 unspecified atom stereocenters. The minimum atomic E-state index is 0.469. The van der Waals surface area contributed by atoms with E-state index in [1.54, 1.807) is 0 Å². The van der Waals surface area contributed by atoms with Crippen LogP contribution in [0.3, 0.4) is 0 Å². The van der Waals surface area contributed by atoms with Crippen molar-refractivity contribution in [2.75, 3.05) is 26.7 Å². The number of likely N-dealkylation sites (N-methyl/N-ethyl adjacent to an activating group) is 1. The van der Waals surface area contributed by atoms with Gasteiger partial charge in [0, 0.05) is 13.1 Å². The van der Waals surface area contributed by atoms with Crippen LogP contribution in [0, 0.1) is 11.3 Å². The van der Waals surface area contributed by atoms with Crippen molar-refractivity contribution in [3.05, 3.63) is 0 Å². The summed E-state index contributed by atoms with van der Waals surface area (Å²) in [5, 5.41) is 8.13. The zero-order valence-corrected chi connectivity index (χ0v) is 5.09. The summed E-state index contributed by atoms with van der Waals surface area (Å²) in [5.41, 5.74) is 5.21. The van der Waals surface area contributed by atoms with Crippen molar-refractivity contribution in [2.24, 2.45) is 5.73 Å². The van der Waals surface area contributed by atoms with Gasteiger partial charge in [-0.2, -0.15) is 5.26 Å². The number of hydrogen-bond donors (Lipinski definition) is 1. The van der Waals surface area contributed by atoms with E-state index in [0.29, 0.717) is 13.1 Å². The van der Waals surface area contributed by atoms with Gasteiger partial charge < -0.3 is 5.73 Å². The fraction of sp³-hybridized carbons (Fsp3) is 0.800. The van der Waals surface area contributed by atoms with E-state index >= 15 is 0 Å². The van der Waals surface area contributed by atoms with Crippen LogP contribution >= 0.6 is 0 Å². The second-order valence-electron chi connectivity index (χ2n) is 1.68. The molecule has 0 spiro atoms. The highest BCUT2D eigenvalue weighted by molar-refractivity contribution is 4.73. The molecular weight excluding hydrogens is 102 g/mol. The SMILES string of the molecule is CN(CC#N)CCN.